The van der Waals surface area contributed by atoms with E-state index in [0.29, 0.717) is 0 Å². The minimum absolute atomic E-state index is 0.822. The molecule has 20 heavy (non-hydrogen) atoms. The number of aryl methyl sites for hydroxylation is 2. The van der Waals surface area contributed by atoms with Crippen LogP contribution in [0, 0.1) is 13.8 Å². The highest BCUT2D eigenvalue weighted by Gasteiger charge is 2.06. The van der Waals surface area contributed by atoms with E-state index in [2.05, 4.69) is 54.5 Å². The van der Waals surface area contributed by atoms with Gasteiger partial charge in [-0.3, -0.25) is 4.57 Å². The van der Waals surface area contributed by atoms with Gasteiger partial charge in [0.15, 0.2) is 0 Å². The van der Waals surface area contributed by atoms with Crippen LogP contribution in [0.25, 0.3) is 5.69 Å². The molecular formula is C17H17N3. The predicted octanol–water partition coefficient (Wildman–Crippen LogP) is 4.23. The fraction of sp³-hybridized carbons (Fsp3) is 0.118. The number of aromatic nitrogens is 2. The molecule has 0 fully saturated rings. The SMILES string of the molecule is Cc1ccc(Nc2nccn2-c2ccccc2)c(C)c1. The molecule has 0 aliphatic carbocycles. The highest BCUT2D eigenvalue weighted by atomic mass is 15.2. The summed E-state index contributed by atoms with van der Waals surface area (Å²) in [5, 5.41) is 3.40. The molecule has 0 aliphatic heterocycles. The zero-order chi connectivity index (χ0) is 13.9. The first-order chi connectivity index (χ1) is 9.74. The van der Waals surface area contributed by atoms with Crippen LogP contribution in [0.1, 0.15) is 11.1 Å². The molecule has 3 heteroatoms. The maximum atomic E-state index is 4.40. The minimum atomic E-state index is 0.822. The van der Waals surface area contributed by atoms with E-state index in [1.165, 1.54) is 11.1 Å². The molecule has 2 aromatic carbocycles. The van der Waals surface area contributed by atoms with E-state index in [4.69, 9.17) is 0 Å². The number of nitrogens with one attached hydrogen (secondary N) is 1. The van der Waals surface area contributed by atoms with Crippen molar-refractivity contribution in [2.75, 3.05) is 5.32 Å². The first kappa shape index (κ1) is 12.5. The van der Waals surface area contributed by atoms with Crippen molar-refractivity contribution >= 4 is 11.6 Å². The monoisotopic (exact) mass is 263 g/mol. The van der Waals surface area contributed by atoms with Crippen molar-refractivity contribution in [3.05, 3.63) is 72.1 Å². The summed E-state index contributed by atoms with van der Waals surface area (Å²) < 4.78 is 2.04. The molecule has 0 unspecified atom stereocenters. The van der Waals surface area contributed by atoms with Crippen molar-refractivity contribution in [2.24, 2.45) is 0 Å². The van der Waals surface area contributed by atoms with Gasteiger partial charge in [0.1, 0.15) is 0 Å². The van der Waals surface area contributed by atoms with E-state index in [1.54, 1.807) is 6.20 Å². The van der Waals surface area contributed by atoms with Gasteiger partial charge in [0.2, 0.25) is 5.95 Å². The lowest BCUT2D eigenvalue weighted by Crippen LogP contribution is -2.02. The quantitative estimate of drug-likeness (QED) is 0.766. The molecule has 1 N–H and O–H groups in total. The molecule has 0 spiro atoms. The Morgan fingerprint density at radius 2 is 1.80 bits per heavy atom. The molecule has 100 valence electrons. The lowest BCUT2D eigenvalue weighted by molar-refractivity contribution is 1.06. The van der Waals surface area contributed by atoms with Gasteiger partial charge in [-0.15, -0.1) is 0 Å². The van der Waals surface area contributed by atoms with Gasteiger partial charge in [-0.05, 0) is 37.6 Å². The van der Waals surface area contributed by atoms with Crippen molar-refractivity contribution in [3.8, 4) is 5.69 Å². The van der Waals surface area contributed by atoms with Crippen LogP contribution in [0.2, 0.25) is 0 Å². The smallest absolute Gasteiger partial charge is 0.212 e. The topological polar surface area (TPSA) is 29.9 Å². The van der Waals surface area contributed by atoms with Gasteiger partial charge < -0.3 is 5.32 Å². The second-order valence-electron chi connectivity index (χ2n) is 4.90. The molecular weight excluding hydrogens is 246 g/mol. The summed E-state index contributed by atoms with van der Waals surface area (Å²) >= 11 is 0. The Hall–Kier alpha value is -2.55. The molecule has 0 aliphatic rings. The molecule has 0 saturated carbocycles. The van der Waals surface area contributed by atoms with Crippen LogP contribution in [0.15, 0.2) is 60.9 Å². The molecule has 0 radical (unpaired) electrons. The number of para-hydroxylation sites is 1. The maximum Gasteiger partial charge on any atom is 0.212 e. The zero-order valence-corrected chi connectivity index (χ0v) is 11.7. The summed E-state index contributed by atoms with van der Waals surface area (Å²) in [4.78, 5) is 4.40. The van der Waals surface area contributed by atoms with Crippen molar-refractivity contribution in [2.45, 2.75) is 13.8 Å². The Morgan fingerprint density at radius 3 is 2.55 bits per heavy atom. The van der Waals surface area contributed by atoms with Crippen LogP contribution < -0.4 is 5.32 Å². The van der Waals surface area contributed by atoms with E-state index in [9.17, 15) is 0 Å². The molecule has 0 bridgehead atoms. The maximum absolute atomic E-state index is 4.40. The number of benzene rings is 2. The van der Waals surface area contributed by atoms with E-state index >= 15 is 0 Å². The minimum Gasteiger partial charge on any atom is -0.325 e. The summed E-state index contributed by atoms with van der Waals surface area (Å²) in [5.41, 5.74) is 4.66. The molecule has 0 saturated heterocycles. The first-order valence-electron chi connectivity index (χ1n) is 6.67. The third-order valence-electron chi connectivity index (χ3n) is 3.30. The Balaban J connectivity index is 1.95. The average molecular weight is 263 g/mol. The van der Waals surface area contributed by atoms with Gasteiger partial charge >= 0.3 is 0 Å². The molecule has 1 aromatic heterocycles. The Labute approximate surface area is 118 Å². The van der Waals surface area contributed by atoms with Crippen LogP contribution in [0.4, 0.5) is 11.6 Å². The van der Waals surface area contributed by atoms with E-state index in [-0.39, 0.29) is 0 Å². The van der Waals surface area contributed by atoms with Gasteiger partial charge in [0, 0.05) is 23.8 Å². The fourth-order valence-corrected chi connectivity index (χ4v) is 2.27. The van der Waals surface area contributed by atoms with E-state index < -0.39 is 0 Å². The lowest BCUT2D eigenvalue weighted by atomic mass is 10.1. The van der Waals surface area contributed by atoms with Crippen LogP contribution in [-0.2, 0) is 0 Å². The molecule has 3 nitrogen and oxygen atoms in total. The standard InChI is InChI=1S/C17H17N3/c1-13-8-9-16(14(2)12-13)19-17-18-10-11-20(17)15-6-4-3-5-7-15/h3-12H,1-2H3,(H,18,19). The Morgan fingerprint density at radius 1 is 1.00 bits per heavy atom. The largest absolute Gasteiger partial charge is 0.325 e. The summed E-state index contributed by atoms with van der Waals surface area (Å²) in [6.07, 6.45) is 3.76. The van der Waals surface area contributed by atoms with Crippen molar-refractivity contribution in [1.82, 2.24) is 9.55 Å². The molecule has 3 rings (SSSR count). The number of hydrogen-bond acceptors (Lipinski definition) is 2. The molecule has 0 atom stereocenters. The highest BCUT2D eigenvalue weighted by molar-refractivity contribution is 5.60. The normalized spacial score (nSPS) is 10.5. The number of hydrogen-bond donors (Lipinski definition) is 1. The van der Waals surface area contributed by atoms with Crippen molar-refractivity contribution < 1.29 is 0 Å². The summed E-state index contributed by atoms with van der Waals surface area (Å²) in [7, 11) is 0. The molecule has 1 heterocycles. The number of rotatable bonds is 3. The number of anilines is 2. The summed E-state index contributed by atoms with van der Waals surface area (Å²) in [6.45, 7) is 4.20. The Bertz CT molecular complexity index is 714. The van der Waals surface area contributed by atoms with Crippen LogP contribution in [-0.4, -0.2) is 9.55 Å². The van der Waals surface area contributed by atoms with E-state index in [1.807, 2.05) is 29.0 Å². The summed E-state index contributed by atoms with van der Waals surface area (Å²) in [5.74, 6) is 0.822. The second-order valence-corrected chi connectivity index (χ2v) is 4.90. The van der Waals surface area contributed by atoms with E-state index in [0.717, 1.165) is 17.3 Å². The molecule has 0 amide bonds. The zero-order valence-electron chi connectivity index (χ0n) is 11.7. The second kappa shape index (κ2) is 5.21. The highest BCUT2D eigenvalue weighted by Crippen LogP contribution is 2.22. The van der Waals surface area contributed by atoms with Crippen LogP contribution >= 0.6 is 0 Å². The third-order valence-corrected chi connectivity index (χ3v) is 3.30. The summed E-state index contributed by atoms with van der Waals surface area (Å²) in [6, 6.07) is 16.5. The third kappa shape index (κ3) is 2.43. The van der Waals surface area contributed by atoms with Gasteiger partial charge in [0.25, 0.3) is 0 Å². The van der Waals surface area contributed by atoms with Gasteiger partial charge in [0.05, 0.1) is 0 Å². The molecule has 3 aromatic rings. The van der Waals surface area contributed by atoms with Crippen molar-refractivity contribution in [3.63, 3.8) is 0 Å². The van der Waals surface area contributed by atoms with Crippen LogP contribution in [0.5, 0.6) is 0 Å². The Kier molecular flexibility index (Phi) is 3.25. The number of nitrogens with zero attached hydrogens (tertiary/aromatic N) is 2. The van der Waals surface area contributed by atoms with Gasteiger partial charge in [-0.25, -0.2) is 4.98 Å². The average Bonchev–Trinajstić information content (AvgIpc) is 2.91. The first-order valence-corrected chi connectivity index (χ1v) is 6.67. The predicted molar refractivity (Wildman–Crippen MR) is 82.8 cm³/mol. The fourth-order valence-electron chi connectivity index (χ4n) is 2.27. The lowest BCUT2D eigenvalue weighted by Gasteiger charge is -2.12. The van der Waals surface area contributed by atoms with Crippen LogP contribution in [0.3, 0.4) is 0 Å². The van der Waals surface area contributed by atoms with Crippen molar-refractivity contribution in [1.29, 1.82) is 0 Å². The number of imidazole rings is 1. The van der Waals surface area contributed by atoms with Gasteiger partial charge in [-0.2, -0.15) is 0 Å². The van der Waals surface area contributed by atoms with Gasteiger partial charge in [-0.1, -0.05) is 35.9 Å².